The first-order valence-corrected chi connectivity index (χ1v) is 9.29. The third-order valence-electron chi connectivity index (χ3n) is 4.89. The minimum Gasteiger partial charge on any atom is -0.465 e. The Morgan fingerprint density at radius 1 is 1.32 bits per heavy atom. The van der Waals surface area contributed by atoms with Gasteiger partial charge in [0, 0.05) is 32.2 Å². The predicted molar refractivity (Wildman–Crippen MR) is 103 cm³/mol. The highest BCUT2D eigenvalue weighted by Crippen LogP contribution is 2.22. The molecule has 1 saturated heterocycles. The number of hydrogen-bond donors (Lipinski definition) is 1. The van der Waals surface area contributed by atoms with Gasteiger partial charge in [-0.1, -0.05) is 0 Å². The second-order valence-corrected chi connectivity index (χ2v) is 6.61. The van der Waals surface area contributed by atoms with Crippen molar-refractivity contribution in [3.05, 3.63) is 24.5 Å². The van der Waals surface area contributed by atoms with Crippen molar-refractivity contribution in [2.45, 2.75) is 19.9 Å². The van der Waals surface area contributed by atoms with Gasteiger partial charge in [-0.25, -0.2) is 4.98 Å². The molecule has 4 heterocycles. The van der Waals surface area contributed by atoms with Gasteiger partial charge in [0.2, 0.25) is 11.8 Å². The van der Waals surface area contributed by atoms with E-state index in [9.17, 15) is 4.79 Å². The number of nitrogens with two attached hydrogens (primary N) is 1. The van der Waals surface area contributed by atoms with Gasteiger partial charge < -0.3 is 19.8 Å². The lowest BCUT2D eigenvalue weighted by molar-refractivity contribution is -0.149. The molecule has 4 rings (SSSR count). The van der Waals surface area contributed by atoms with E-state index in [1.54, 1.807) is 18.4 Å². The fourth-order valence-electron chi connectivity index (χ4n) is 3.32. The molecule has 3 aromatic heterocycles. The predicted octanol–water partition coefficient (Wildman–Crippen LogP) is 1.04. The van der Waals surface area contributed by atoms with Crippen molar-refractivity contribution in [2.75, 3.05) is 43.4 Å². The van der Waals surface area contributed by atoms with Gasteiger partial charge in [-0.2, -0.15) is 9.50 Å². The number of aromatic nitrogens is 4. The molecule has 0 aromatic carbocycles. The molecular formula is C18H23N7O3. The molecule has 2 N–H and O–H groups in total. The first-order chi connectivity index (χ1) is 13.6. The van der Waals surface area contributed by atoms with E-state index in [2.05, 4.69) is 24.9 Å². The smallest absolute Gasteiger partial charge is 0.323 e. The molecular weight excluding hydrogens is 362 g/mol. The molecule has 148 valence electrons. The number of carbonyl (C=O) groups excluding carboxylic acids is 1. The van der Waals surface area contributed by atoms with Crippen LogP contribution in [0.25, 0.3) is 17.2 Å². The number of rotatable bonds is 5. The van der Waals surface area contributed by atoms with Gasteiger partial charge in [-0.3, -0.25) is 9.69 Å². The Hall–Kier alpha value is -3.14. The molecule has 0 saturated carbocycles. The lowest BCUT2D eigenvalue weighted by Crippen LogP contribution is -2.52. The minimum absolute atomic E-state index is 0.186. The van der Waals surface area contributed by atoms with Crippen LogP contribution in [0.15, 0.2) is 28.9 Å². The Labute approximate surface area is 161 Å². The van der Waals surface area contributed by atoms with Crippen LogP contribution in [0.3, 0.4) is 0 Å². The second kappa shape index (κ2) is 7.47. The average molecular weight is 385 g/mol. The summed E-state index contributed by atoms with van der Waals surface area (Å²) in [6.07, 6.45) is 1.57. The molecule has 1 fully saturated rings. The van der Waals surface area contributed by atoms with Gasteiger partial charge in [-0.15, -0.1) is 5.10 Å². The first kappa shape index (κ1) is 18.2. The summed E-state index contributed by atoms with van der Waals surface area (Å²) < 4.78 is 12.0. The quantitative estimate of drug-likeness (QED) is 0.643. The fraction of sp³-hybridized carbons (Fsp3) is 0.444. The number of fused-ring (bicyclic) bond motifs is 1. The minimum atomic E-state index is -0.255. The van der Waals surface area contributed by atoms with Crippen molar-refractivity contribution in [1.29, 1.82) is 0 Å². The zero-order valence-electron chi connectivity index (χ0n) is 15.9. The van der Waals surface area contributed by atoms with Crippen molar-refractivity contribution < 1.29 is 13.9 Å². The number of esters is 1. The van der Waals surface area contributed by atoms with E-state index in [-0.39, 0.29) is 18.0 Å². The highest BCUT2D eigenvalue weighted by Gasteiger charge is 2.27. The van der Waals surface area contributed by atoms with Gasteiger partial charge in [0.05, 0.1) is 12.9 Å². The van der Waals surface area contributed by atoms with Crippen LogP contribution in [0.5, 0.6) is 0 Å². The summed E-state index contributed by atoms with van der Waals surface area (Å²) in [4.78, 5) is 25.2. The number of anilines is 2. The standard InChI is InChI=1S/C18H23N7O3/c1-3-27-17(26)12(2)23-6-8-24(9-7-23)14-11-15-20-16(13-5-4-10-28-13)22-25(15)18(19)21-14/h4-5,10-12H,3,6-9H2,1-2H3,(H2,19,21). The van der Waals surface area contributed by atoms with E-state index >= 15 is 0 Å². The molecule has 0 spiro atoms. The lowest BCUT2D eigenvalue weighted by Gasteiger charge is -2.37. The summed E-state index contributed by atoms with van der Waals surface area (Å²) in [6, 6.07) is 5.18. The summed E-state index contributed by atoms with van der Waals surface area (Å²) in [5.74, 6) is 1.86. The fourth-order valence-corrected chi connectivity index (χ4v) is 3.32. The molecule has 10 heteroatoms. The zero-order valence-corrected chi connectivity index (χ0v) is 15.9. The molecule has 0 aliphatic carbocycles. The van der Waals surface area contributed by atoms with Crippen LogP contribution < -0.4 is 10.6 Å². The van der Waals surface area contributed by atoms with Gasteiger partial charge in [-0.05, 0) is 26.0 Å². The lowest BCUT2D eigenvalue weighted by atomic mass is 10.2. The molecule has 3 aromatic rings. The van der Waals surface area contributed by atoms with Crippen LogP contribution >= 0.6 is 0 Å². The number of piperazine rings is 1. The summed E-state index contributed by atoms with van der Waals surface area (Å²) in [7, 11) is 0. The maximum Gasteiger partial charge on any atom is 0.323 e. The van der Waals surface area contributed by atoms with Gasteiger partial charge in [0.1, 0.15) is 11.9 Å². The van der Waals surface area contributed by atoms with Crippen LogP contribution in [-0.2, 0) is 9.53 Å². The highest BCUT2D eigenvalue weighted by atomic mass is 16.5. The summed E-state index contributed by atoms with van der Waals surface area (Å²) in [5, 5.41) is 4.36. The molecule has 1 aliphatic heterocycles. The third-order valence-corrected chi connectivity index (χ3v) is 4.89. The number of nitrogen functional groups attached to an aromatic ring is 1. The maximum absolute atomic E-state index is 12.0. The van der Waals surface area contributed by atoms with Crippen molar-refractivity contribution in [2.24, 2.45) is 0 Å². The van der Waals surface area contributed by atoms with Crippen molar-refractivity contribution in [1.82, 2.24) is 24.5 Å². The second-order valence-electron chi connectivity index (χ2n) is 6.61. The molecule has 1 unspecified atom stereocenters. The van der Waals surface area contributed by atoms with Crippen molar-refractivity contribution in [3.63, 3.8) is 0 Å². The van der Waals surface area contributed by atoms with E-state index in [4.69, 9.17) is 14.9 Å². The molecule has 1 aliphatic rings. The van der Waals surface area contributed by atoms with E-state index < -0.39 is 0 Å². The van der Waals surface area contributed by atoms with E-state index in [1.165, 1.54) is 4.52 Å². The maximum atomic E-state index is 12.0. The third kappa shape index (κ3) is 3.38. The Morgan fingerprint density at radius 3 is 2.79 bits per heavy atom. The van der Waals surface area contributed by atoms with Crippen molar-refractivity contribution in [3.8, 4) is 11.6 Å². The van der Waals surface area contributed by atoms with E-state index in [0.29, 0.717) is 23.8 Å². The number of nitrogens with zero attached hydrogens (tertiary/aromatic N) is 6. The van der Waals surface area contributed by atoms with Crippen LogP contribution in [0.2, 0.25) is 0 Å². The summed E-state index contributed by atoms with van der Waals surface area (Å²) >= 11 is 0. The average Bonchev–Trinajstić information content (AvgIpc) is 3.37. The van der Waals surface area contributed by atoms with Crippen LogP contribution in [0, 0.1) is 0 Å². The molecule has 10 nitrogen and oxygen atoms in total. The van der Waals surface area contributed by atoms with Gasteiger partial charge in [0.25, 0.3) is 0 Å². The number of hydrogen-bond acceptors (Lipinski definition) is 9. The molecule has 0 bridgehead atoms. The summed E-state index contributed by atoms with van der Waals surface area (Å²) in [5.41, 5.74) is 6.71. The molecule has 1 atom stereocenters. The van der Waals surface area contributed by atoms with E-state index in [1.807, 2.05) is 19.9 Å². The van der Waals surface area contributed by atoms with Crippen molar-refractivity contribution >= 4 is 23.4 Å². The zero-order chi connectivity index (χ0) is 19.7. The van der Waals surface area contributed by atoms with Crippen LogP contribution in [0.4, 0.5) is 11.8 Å². The topological polar surface area (TPSA) is 115 Å². The monoisotopic (exact) mass is 385 g/mol. The van der Waals surface area contributed by atoms with E-state index in [0.717, 1.165) is 32.0 Å². The first-order valence-electron chi connectivity index (χ1n) is 9.29. The van der Waals surface area contributed by atoms with Crippen LogP contribution in [0.1, 0.15) is 13.8 Å². The van der Waals surface area contributed by atoms with Crippen LogP contribution in [-0.4, -0.2) is 69.3 Å². The molecule has 0 amide bonds. The number of furan rings is 1. The Bertz CT molecular complexity index is 961. The number of carbonyl (C=O) groups is 1. The SMILES string of the molecule is CCOC(=O)C(C)N1CCN(c2cc3nc(-c4ccco4)nn3c(N)n2)CC1. The number of ether oxygens (including phenoxy) is 1. The Morgan fingerprint density at radius 2 is 2.11 bits per heavy atom. The molecule has 0 radical (unpaired) electrons. The van der Waals surface area contributed by atoms with Gasteiger partial charge in [0.15, 0.2) is 11.4 Å². The van der Waals surface area contributed by atoms with Gasteiger partial charge >= 0.3 is 5.97 Å². The Balaban J connectivity index is 1.50. The summed E-state index contributed by atoms with van der Waals surface area (Å²) in [6.45, 7) is 7.01. The highest BCUT2D eigenvalue weighted by molar-refractivity contribution is 5.75. The molecule has 28 heavy (non-hydrogen) atoms. The normalized spacial score (nSPS) is 16.4. The Kier molecular flexibility index (Phi) is 4.86. The largest absolute Gasteiger partial charge is 0.465 e.